The number of halogens is 1. The molecule has 0 fully saturated rings. The monoisotopic (exact) mass is 286 g/mol. The van der Waals surface area contributed by atoms with E-state index in [4.69, 9.17) is 11.6 Å². The standard InChI is InChI=1S/C13H19ClN2O3/c1-4-15(9-13(2,3)17)8-10-5-6-11(14)12(7-10)16(18)19/h5-7,17H,4,8-9H2,1-3H3. The molecule has 1 N–H and O–H groups in total. The van der Waals surface area contributed by atoms with Crippen LogP contribution in [0.2, 0.25) is 5.02 Å². The van der Waals surface area contributed by atoms with Gasteiger partial charge in [0, 0.05) is 19.2 Å². The van der Waals surface area contributed by atoms with Crippen molar-refractivity contribution in [2.45, 2.75) is 32.9 Å². The Bertz CT molecular complexity index is 458. The molecule has 0 saturated heterocycles. The Kier molecular flexibility index (Phi) is 5.29. The summed E-state index contributed by atoms with van der Waals surface area (Å²) in [6.45, 7) is 7.24. The molecule has 1 aromatic carbocycles. The van der Waals surface area contributed by atoms with E-state index in [0.717, 1.165) is 12.1 Å². The largest absolute Gasteiger partial charge is 0.389 e. The van der Waals surface area contributed by atoms with Crippen LogP contribution in [0.3, 0.4) is 0 Å². The summed E-state index contributed by atoms with van der Waals surface area (Å²) >= 11 is 5.77. The normalized spacial score (nSPS) is 11.9. The predicted octanol–water partition coefficient (Wildman–Crippen LogP) is 2.84. The molecule has 0 aliphatic carbocycles. The van der Waals surface area contributed by atoms with Gasteiger partial charge >= 0.3 is 0 Å². The van der Waals surface area contributed by atoms with Gasteiger partial charge in [0.1, 0.15) is 5.02 Å². The van der Waals surface area contributed by atoms with Crippen molar-refractivity contribution >= 4 is 17.3 Å². The van der Waals surface area contributed by atoms with Gasteiger partial charge in [-0.2, -0.15) is 0 Å². The van der Waals surface area contributed by atoms with Crippen LogP contribution in [0, 0.1) is 10.1 Å². The lowest BCUT2D eigenvalue weighted by Gasteiger charge is -2.27. The van der Waals surface area contributed by atoms with Crippen molar-refractivity contribution in [3.8, 4) is 0 Å². The van der Waals surface area contributed by atoms with Crippen molar-refractivity contribution < 1.29 is 10.0 Å². The van der Waals surface area contributed by atoms with E-state index in [1.54, 1.807) is 19.9 Å². The zero-order valence-electron chi connectivity index (χ0n) is 11.4. The van der Waals surface area contributed by atoms with E-state index in [1.165, 1.54) is 12.1 Å². The molecule has 19 heavy (non-hydrogen) atoms. The lowest BCUT2D eigenvalue weighted by molar-refractivity contribution is -0.384. The summed E-state index contributed by atoms with van der Waals surface area (Å²) < 4.78 is 0. The minimum atomic E-state index is -0.797. The number of likely N-dealkylation sites (N-methyl/N-ethyl adjacent to an activating group) is 1. The van der Waals surface area contributed by atoms with Crippen LogP contribution in [0.25, 0.3) is 0 Å². The van der Waals surface area contributed by atoms with Gasteiger partial charge in [-0.1, -0.05) is 24.6 Å². The molecule has 0 bridgehead atoms. The van der Waals surface area contributed by atoms with E-state index in [9.17, 15) is 15.2 Å². The van der Waals surface area contributed by atoms with Gasteiger partial charge in [-0.3, -0.25) is 15.0 Å². The maximum absolute atomic E-state index is 10.8. The molecule has 1 rings (SSSR count). The van der Waals surface area contributed by atoms with Crippen LogP contribution in [-0.4, -0.2) is 33.6 Å². The third-order valence-electron chi connectivity index (χ3n) is 2.67. The van der Waals surface area contributed by atoms with Crippen LogP contribution < -0.4 is 0 Å². The van der Waals surface area contributed by atoms with Gasteiger partial charge in [0.05, 0.1) is 10.5 Å². The van der Waals surface area contributed by atoms with Crippen molar-refractivity contribution in [1.82, 2.24) is 4.90 Å². The van der Waals surface area contributed by atoms with Gasteiger partial charge in [-0.25, -0.2) is 0 Å². The molecule has 0 aliphatic heterocycles. The Labute approximate surface area is 117 Å². The minimum Gasteiger partial charge on any atom is -0.389 e. The van der Waals surface area contributed by atoms with Crippen LogP contribution in [0.15, 0.2) is 18.2 Å². The van der Waals surface area contributed by atoms with E-state index in [0.29, 0.717) is 13.1 Å². The highest BCUT2D eigenvalue weighted by Crippen LogP contribution is 2.25. The number of nitrogens with zero attached hydrogens (tertiary/aromatic N) is 2. The minimum absolute atomic E-state index is 0.0847. The van der Waals surface area contributed by atoms with Crippen molar-refractivity contribution in [1.29, 1.82) is 0 Å². The van der Waals surface area contributed by atoms with Crippen LogP contribution in [0.4, 0.5) is 5.69 Å². The summed E-state index contributed by atoms with van der Waals surface area (Å²) in [5.41, 5.74) is -0.0744. The fraction of sp³-hybridized carbons (Fsp3) is 0.538. The fourth-order valence-electron chi connectivity index (χ4n) is 1.88. The molecular weight excluding hydrogens is 268 g/mol. The highest BCUT2D eigenvalue weighted by atomic mass is 35.5. The smallest absolute Gasteiger partial charge is 0.288 e. The van der Waals surface area contributed by atoms with Crippen molar-refractivity contribution in [2.75, 3.05) is 13.1 Å². The zero-order chi connectivity index (χ0) is 14.6. The molecule has 0 radical (unpaired) electrons. The fourth-order valence-corrected chi connectivity index (χ4v) is 2.07. The Balaban J connectivity index is 2.86. The highest BCUT2D eigenvalue weighted by molar-refractivity contribution is 6.32. The molecule has 0 unspecified atom stereocenters. The average Bonchev–Trinajstić information content (AvgIpc) is 2.28. The summed E-state index contributed by atoms with van der Waals surface area (Å²) in [5.74, 6) is 0. The van der Waals surface area contributed by atoms with Gasteiger partial charge in [-0.15, -0.1) is 0 Å². The summed E-state index contributed by atoms with van der Waals surface area (Å²) in [4.78, 5) is 12.4. The topological polar surface area (TPSA) is 66.6 Å². The molecule has 0 aliphatic rings. The SMILES string of the molecule is CCN(Cc1ccc(Cl)c([N+](=O)[O-])c1)CC(C)(C)O. The van der Waals surface area contributed by atoms with Crippen molar-refractivity contribution in [2.24, 2.45) is 0 Å². The number of hydrogen-bond donors (Lipinski definition) is 1. The van der Waals surface area contributed by atoms with Gasteiger partial charge in [0.15, 0.2) is 0 Å². The first kappa shape index (κ1) is 15.9. The van der Waals surface area contributed by atoms with Gasteiger partial charge in [0.25, 0.3) is 5.69 Å². The first-order valence-electron chi connectivity index (χ1n) is 6.10. The predicted molar refractivity (Wildman–Crippen MR) is 75.4 cm³/mol. The Hall–Kier alpha value is -1.17. The lowest BCUT2D eigenvalue weighted by Crippen LogP contribution is -2.38. The molecular formula is C13H19ClN2O3. The maximum Gasteiger partial charge on any atom is 0.288 e. The molecule has 0 heterocycles. The number of benzene rings is 1. The second-order valence-corrected chi connectivity index (χ2v) is 5.57. The highest BCUT2D eigenvalue weighted by Gasteiger charge is 2.19. The quantitative estimate of drug-likeness (QED) is 0.645. The molecule has 6 heteroatoms. The Morgan fingerprint density at radius 1 is 1.47 bits per heavy atom. The molecule has 0 spiro atoms. The average molecular weight is 287 g/mol. The van der Waals surface area contributed by atoms with Gasteiger partial charge < -0.3 is 5.11 Å². The van der Waals surface area contributed by atoms with Gasteiger partial charge in [-0.05, 0) is 32.0 Å². The summed E-state index contributed by atoms with van der Waals surface area (Å²) in [6, 6.07) is 4.78. The third kappa shape index (κ3) is 5.14. The number of hydrogen-bond acceptors (Lipinski definition) is 4. The van der Waals surface area contributed by atoms with Crippen LogP contribution >= 0.6 is 11.6 Å². The van der Waals surface area contributed by atoms with Crippen LogP contribution in [0.1, 0.15) is 26.3 Å². The first-order valence-corrected chi connectivity index (χ1v) is 6.48. The van der Waals surface area contributed by atoms with Crippen LogP contribution in [0.5, 0.6) is 0 Å². The summed E-state index contributed by atoms with van der Waals surface area (Å²) in [5, 5.41) is 20.8. The Morgan fingerprint density at radius 2 is 2.11 bits per heavy atom. The molecule has 0 atom stereocenters. The maximum atomic E-state index is 10.8. The zero-order valence-corrected chi connectivity index (χ0v) is 12.1. The molecule has 106 valence electrons. The van der Waals surface area contributed by atoms with E-state index in [2.05, 4.69) is 0 Å². The molecule has 0 saturated carbocycles. The lowest BCUT2D eigenvalue weighted by atomic mass is 10.1. The van der Waals surface area contributed by atoms with Crippen molar-refractivity contribution in [3.63, 3.8) is 0 Å². The van der Waals surface area contributed by atoms with Gasteiger partial charge in [0.2, 0.25) is 0 Å². The molecule has 1 aromatic rings. The van der Waals surface area contributed by atoms with E-state index in [1.807, 2.05) is 11.8 Å². The Morgan fingerprint density at radius 3 is 2.58 bits per heavy atom. The first-order chi connectivity index (χ1) is 8.73. The van der Waals surface area contributed by atoms with E-state index in [-0.39, 0.29) is 10.7 Å². The third-order valence-corrected chi connectivity index (χ3v) is 2.99. The number of nitro benzene ring substituents is 1. The second-order valence-electron chi connectivity index (χ2n) is 5.16. The second kappa shape index (κ2) is 6.32. The van der Waals surface area contributed by atoms with E-state index >= 15 is 0 Å². The summed E-state index contributed by atoms with van der Waals surface area (Å²) in [7, 11) is 0. The molecule has 0 aromatic heterocycles. The van der Waals surface area contributed by atoms with Crippen LogP contribution in [-0.2, 0) is 6.54 Å². The number of aliphatic hydroxyl groups is 1. The number of rotatable bonds is 6. The summed E-state index contributed by atoms with van der Waals surface area (Å²) in [6.07, 6.45) is 0. The van der Waals surface area contributed by atoms with E-state index < -0.39 is 10.5 Å². The molecule has 0 amide bonds. The molecule has 5 nitrogen and oxygen atoms in total. The van der Waals surface area contributed by atoms with Crippen molar-refractivity contribution in [3.05, 3.63) is 38.9 Å². The number of nitro groups is 1.